The molecule has 9 heteroatoms. The zero-order valence-corrected chi connectivity index (χ0v) is 17.1. The molecule has 1 aromatic heterocycles. The third-order valence-corrected chi connectivity index (χ3v) is 8.81. The highest BCUT2D eigenvalue weighted by Crippen LogP contribution is 2.35. The number of sulfonamides is 1. The molecule has 1 aliphatic carbocycles. The lowest BCUT2D eigenvalue weighted by Gasteiger charge is -2.38. The molecule has 1 fully saturated rings. The van der Waals surface area contributed by atoms with Crippen molar-refractivity contribution in [3.05, 3.63) is 28.7 Å². The molecule has 0 spiro atoms. The third-order valence-electron chi connectivity index (χ3n) is 5.54. The first-order chi connectivity index (χ1) is 12.7. The first kappa shape index (κ1) is 20.0. The average molecular weight is 413 g/mol. The van der Waals surface area contributed by atoms with E-state index in [1.54, 1.807) is 22.4 Å². The van der Waals surface area contributed by atoms with Gasteiger partial charge in [0.2, 0.25) is 5.91 Å². The van der Waals surface area contributed by atoms with E-state index in [0.29, 0.717) is 17.1 Å². The first-order valence-corrected chi connectivity index (χ1v) is 11.2. The fourth-order valence-corrected chi connectivity index (χ4v) is 6.30. The predicted molar refractivity (Wildman–Crippen MR) is 102 cm³/mol. The van der Waals surface area contributed by atoms with Gasteiger partial charge in [0.1, 0.15) is 4.21 Å². The lowest BCUT2D eigenvalue weighted by atomic mass is 9.76. The number of carboxylic acids is 1. The van der Waals surface area contributed by atoms with Crippen LogP contribution >= 0.6 is 11.3 Å². The fraction of sp³-hybridized carbons (Fsp3) is 0.556. The Morgan fingerprint density at radius 1 is 1.07 bits per heavy atom. The lowest BCUT2D eigenvalue weighted by Crippen LogP contribution is -2.53. The van der Waals surface area contributed by atoms with Crippen molar-refractivity contribution in [3.63, 3.8) is 0 Å². The molecule has 0 aromatic carbocycles. The number of thiophene rings is 1. The van der Waals surface area contributed by atoms with Crippen molar-refractivity contribution in [1.29, 1.82) is 0 Å². The standard InChI is InChI=1S/C18H24N2O5S2/c1-12-10-14(15(18(22)23)11-13(12)2)17(21)19-5-7-20(8-6-19)27(24,25)16-4-3-9-26-16/h3-4,9,14-15H,5-8,10-11H2,1-2H3,(H,22,23). The summed E-state index contributed by atoms with van der Waals surface area (Å²) in [6, 6.07) is 3.28. The van der Waals surface area contributed by atoms with Gasteiger partial charge in [0.15, 0.2) is 0 Å². The molecule has 1 N–H and O–H groups in total. The molecule has 1 aromatic rings. The second-order valence-electron chi connectivity index (χ2n) is 7.18. The van der Waals surface area contributed by atoms with Crippen LogP contribution in [-0.4, -0.2) is 60.8 Å². The van der Waals surface area contributed by atoms with Gasteiger partial charge in [0.25, 0.3) is 10.0 Å². The summed E-state index contributed by atoms with van der Waals surface area (Å²) in [6.07, 6.45) is 0.847. The Labute approximate surface area is 163 Å². The molecule has 148 valence electrons. The van der Waals surface area contributed by atoms with Gasteiger partial charge < -0.3 is 10.0 Å². The number of carboxylic acid groups (broad SMARTS) is 1. The molecule has 2 heterocycles. The summed E-state index contributed by atoms with van der Waals surface area (Å²) in [5.74, 6) is -2.41. The number of allylic oxidation sites excluding steroid dienone is 2. The van der Waals surface area contributed by atoms with Crippen LogP contribution in [0.4, 0.5) is 0 Å². The Morgan fingerprint density at radius 2 is 1.67 bits per heavy atom. The van der Waals surface area contributed by atoms with E-state index in [4.69, 9.17) is 0 Å². The van der Waals surface area contributed by atoms with Gasteiger partial charge in [-0.25, -0.2) is 8.42 Å². The van der Waals surface area contributed by atoms with Crippen LogP contribution in [0, 0.1) is 11.8 Å². The summed E-state index contributed by atoms with van der Waals surface area (Å²) in [4.78, 5) is 26.2. The molecule has 2 aliphatic rings. The summed E-state index contributed by atoms with van der Waals surface area (Å²) in [5.41, 5.74) is 2.11. The van der Waals surface area contributed by atoms with E-state index in [1.165, 1.54) is 15.6 Å². The van der Waals surface area contributed by atoms with E-state index in [2.05, 4.69) is 0 Å². The van der Waals surface area contributed by atoms with Gasteiger partial charge >= 0.3 is 5.97 Å². The molecule has 0 bridgehead atoms. The average Bonchev–Trinajstić information content (AvgIpc) is 3.18. The van der Waals surface area contributed by atoms with E-state index in [1.807, 2.05) is 13.8 Å². The highest BCUT2D eigenvalue weighted by molar-refractivity contribution is 7.91. The Morgan fingerprint density at radius 3 is 2.19 bits per heavy atom. The van der Waals surface area contributed by atoms with E-state index >= 15 is 0 Å². The summed E-state index contributed by atoms with van der Waals surface area (Å²) >= 11 is 1.18. The molecule has 0 saturated carbocycles. The third kappa shape index (κ3) is 3.95. The highest BCUT2D eigenvalue weighted by atomic mass is 32.2. The quantitative estimate of drug-likeness (QED) is 0.764. The van der Waals surface area contributed by atoms with E-state index < -0.39 is 27.8 Å². The predicted octanol–water partition coefficient (Wildman–Crippen LogP) is 2.03. The second-order valence-corrected chi connectivity index (χ2v) is 10.3. The lowest BCUT2D eigenvalue weighted by molar-refractivity contribution is -0.151. The summed E-state index contributed by atoms with van der Waals surface area (Å²) < 4.78 is 26.9. The van der Waals surface area contributed by atoms with Crippen LogP contribution in [0.5, 0.6) is 0 Å². The number of piperazine rings is 1. The minimum absolute atomic E-state index is 0.178. The molecule has 27 heavy (non-hydrogen) atoms. The monoisotopic (exact) mass is 412 g/mol. The van der Waals surface area contributed by atoms with Gasteiger partial charge in [-0.05, 0) is 38.1 Å². The second kappa shape index (κ2) is 7.73. The summed E-state index contributed by atoms with van der Waals surface area (Å²) in [7, 11) is -3.52. The molecular weight excluding hydrogens is 388 g/mol. The van der Waals surface area contributed by atoms with Crippen LogP contribution in [0.25, 0.3) is 0 Å². The molecular formula is C18H24N2O5S2. The van der Waals surface area contributed by atoms with E-state index in [9.17, 15) is 23.1 Å². The smallest absolute Gasteiger partial charge is 0.307 e. The summed E-state index contributed by atoms with van der Waals surface area (Å²) in [6.45, 7) is 4.88. The van der Waals surface area contributed by atoms with Crippen molar-refractivity contribution in [2.24, 2.45) is 11.8 Å². The minimum atomic E-state index is -3.52. The van der Waals surface area contributed by atoms with Gasteiger partial charge in [-0.1, -0.05) is 17.2 Å². The van der Waals surface area contributed by atoms with E-state index in [0.717, 1.165) is 11.1 Å². The number of hydrogen-bond acceptors (Lipinski definition) is 5. The normalized spacial score (nSPS) is 24.9. The zero-order valence-electron chi connectivity index (χ0n) is 15.4. The van der Waals surface area contributed by atoms with Gasteiger partial charge in [-0.2, -0.15) is 4.31 Å². The molecule has 7 nitrogen and oxygen atoms in total. The van der Waals surface area contributed by atoms with Crippen molar-refractivity contribution in [2.45, 2.75) is 30.9 Å². The first-order valence-electron chi connectivity index (χ1n) is 8.92. The Bertz CT molecular complexity index is 852. The van der Waals surface area contributed by atoms with Crippen molar-refractivity contribution >= 4 is 33.2 Å². The maximum absolute atomic E-state index is 13.0. The Kier molecular flexibility index (Phi) is 5.73. The van der Waals surface area contributed by atoms with Crippen molar-refractivity contribution in [3.8, 4) is 0 Å². The molecule has 2 atom stereocenters. The molecule has 0 radical (unpaired) electrons. The van der Waals surface area contributed by atoms with Gasteiger partial charge in [0, 0.05) is 26.2 Å². The fourth-order valence-electron chi connectivity index (χ4n) is 3.73. The van der Waals surface area contributed by atoms with Crippen molar-refractivity contribution in [1.82, 2.24) is 9.21 Å². The van der Waals surface area contributed by atoms with Crippen LogP contribution in [0.15, 0.2) is 32.9 Å². The number of hydrogen-bond donors (Lipinski definition) is 1. The molecule has 2 unspecified atom stereocenters. The number of rotatable bonds is 4. The topological polar surface area (TPSA) is 95.0 Å². The summed E-state index contributed by atoms with van der Waals surface area (Å²) in [5, 5.41) is 11.3. The number of carbonyl (C=O) groups is 2. The van der Waals surface area contributed by atoms with Crippen LogP contribution in [0.2, 0.25) is 0 Å². The highest BCUT2D eigenvalue weighted by Gasteiger charge is 2.40. The Balaban J connectivity index is 1.69. The van der Waals surface area contributed by atoms with Gasteiger partial charge in [-0.3, -0.25) is 9.59 Å². The maximum atomic E-state index is 13.0. The number of carbonyl (C=O) groups excluding carboxylic acids is 1. The minimum Gasteiger partial charge on any atom is -0.481 e. The maximum Gasteiger partial charge on any atom is 0.307 e. The van der Waals surface area contributed by atoms with Crippen LogP contribution in [0.3, 0.4) is 0 Å². The molecule has 1 saturated heterocycles. The molecule has 1 amide bonds. The zero-order chi connectivity index (χ0) is 19.8. The van der Waals surface area contributed by atoms with Crippen molar-refractivity contribution < 1.29 is 23.1 Å². The number of nitrogens with zero attached hydrogens (tertiary/aromatic N) is 2. The Hall–Kier alpha value is -1.71. The van der Waals surface area contributed by atoms with Crippen LogP contribution in [-0.2, 0) is 19.6 Å². The van der Waals surface area contributed by atoms with Gasteiger partial charge in [0.05, 0.1) is 11.8 Å². The molecule has 3 rings (SSSR count). The number of amides is 1. The largest absolute Gasteiger partial charge is 0.481 e. The molecule has 1 aliphatic heterocycles. The van der Waals surface area contributed by atoms with Crippen LogP contribution < -0.4 is 0 Å². The van der Waals surface area contributed by atoms with Gasteiger partial charge in [-0.15, -0.1) is 11.3 Å². The van der Waals surface area contributed by atoms with Crippen molar-refractivity contribution in [2.75, 3.05) is 26.2 Å². The SMILES string of the molecule is CC1=C(C)CC(C(=O)N2CCN(S(=O)(=O)c3cccs3)CC2)C(C(=O)O)C1. The van der Waals surface area contributed by atoms with Crippen LogP contribution in [0.1, 0.15) is 26.7 Å². The van der Waals surface area contributed by atoms with E-state index in [-0.39, 0.29) is 32.1 Å². The number of aliphatic carboxylic acids is 1.